The van der Waals surface area contributed by atoms with Gasteiger partial charge in [0.05, 0.1) is 23.8 Å². The van der Waals surface area contributed by atoms with Gasteiger partial charge in [0.25, 0.3) is 0 Å². The van der Waals surface area contributed by atoms with Crippen molar-refractivity contribution >= 4 is 23.5 Å². The standard InChI is InChI=1S/C20H35BrNO5P/c1-3-5-6-7-8-9-12-27-20-18(21)14-17(15-19(20)26-4-2)16-22-11-10-13-28(23,24)25/h14-15,22H,3-13,16H2,1-2H3,(H2,23,24,25). The quantitative estimate of drug-likeness (QED) is 0.222. The lowest BCUT2D eigenvalue weighted by Crippen LogP contribution is -2.16. The molecule has 1 aromatic rings. The van der Waals surface area contributed by atoms with Gasteiger partial charge in [-0.2, -0.15) is 0 Å². The van der Waals surface area contributed by atoms with Gasteiger partial charge in [-0.15, -0.1) is 0 Å². The number of benzene rings is 1. The highest BCUT2D eigenvalue weighted by molar-refractivity contribution is 9.10. The van der Waals surface area contributed by atoms with Gasteiger partial charge in [-0.1, -0.05) is 39.0 Å². The summed E-state index contributed by atoms with van der Waals surface area (Å²) >= 11 is 3.58. The average Bonchev–Trinajstić information content (AvgIpc) is 2.61. The number of hydrogen-bond acceptors (Lipinski definition) is 4. The maximum Gasteiger partial charge on any atom is 0.325 e. The van der Waals surface area contributed by atoms with Crippen LogP contribution >= 0.6 is 23.5 Å². The summed E-state index contributed by atoms with van der Waals surface area (Å²) in [4.78, 5) is 17.8. The van der Waals surface area contributed by atoms with Gasteiger partial charge < -0.3 is 24.6 Å². The molecule has 0 fully saturated rings. The highest BCUT2D eigenvalue weighted by Gasteiger charge is 2.13. The van der Waals surface area contributed by atoms with E-state index in [9.17, 15) is 4.57 Å². The fourth-order valence-electron chi connectivity index (χ4n) is 2.83. The minimum atomic E-state index is -3.92. The Hall–Kier alpha value is -0.590. The van der Waals surface area contributed by atoms with Crippen LogP contribution in [0.4, 0.5) is 0 Å². The molecule has 0 saturated carbocycles. The van der Waals surface area contributed by atoms with E-state index in [0.29, 0.717) is 32.7 Å². The summed E-state index contributed by atoms with van der Waals surface area (Å²) in [5.41, 5.74) is 1.03. The van der Waals surface area contributed by atoms with E-state index in [1.807, 2.05) is 19.1 Å². The first kappa shape index (κ1) is 25.4. The van der Waals surface area contributed by atoms with Crippen molar-refractivity contribution in [2.75, 3.05) is 25.9 Å². The molecule has 0 amide bonds. The topological polar surface area (TPSA) is 88.0 Å². The zero-order valence-electron chi connectivity index (χ0n) is 17.1. The molecule has 0 unspecified atom stereocenters. The van der Waals surface area contributed by atoms with E-state index in [4.69, 9.17) is 19.3 Å². The van der Waals surface area contributed by atoms with Gasteiger partial charge >= 0.3 is 7.60 Å². The minimum Gasteiger partial charge on any atom is -0.490 e. The summed E-state index contributed by atoms with van der Waals surface area (Å²) in [6, 6.07) is 3.95. The predicted molar refractivity (Wildman–Crippen MR) is 117 cm³/mol. The normalized spacial score (nSPS) is 11.6. The van der Waals surface area contributed by atoms with Gasteiger partial charge in [0.15, 0.2) is 11.5 Å². The number of halogens is 1. The van der Waals surface area contributed by atoms with Gasteiger partial charge in [0.1, 0.15) is 0 Å². The molecule has 0 aliphatic heterocycles. The van der Waals surface area contributed by atoms with Crippen molar-refractivity contribution in [2.45, 2.75) is 65.3 Å². The van der Waals surface area contributed by atoms with Crippen LogP contribution in [0.3, 0.4) is 0 Å². The molecule has 0 aliphatic carbocycles. The van der Waals surface area contributed by atoms with Gasteiger partial charge in [-0.25, -0.2) is 0 Å². The lowest BCUT2D eigenvalue weighted by atomic mass is 10.1. The second kappa shape index (κ2) is 14.4. The Kier molecular flexibility index (Phi) is 13.1. The second-order valence-electron chi connectivity index (χ2n) is 6.87. The molecule has 0 bridgehead atoms. The smallest absolute Gasteiger partial charge is 0.325 e. The molecule has 0 atom stereocenters. The Morgan fingerprint density at radius 1 is 1.04 bits per heavy atom. The molecule has 0 aliphatic rings. The summed E-state index contributed by atoms with van der Waals surface area (Å²) in [5, 5.41) is 3.21. The van der Waals surface area contributed by atoms with Crippen molar-refractivity contribution in [2.24, 2.45) is 0 Å². The molecular formula is C20H35BrNO5P. The van der Waals surface area contributed by atoms with Gasteiger partial charge in [-0.3, -0.25) is 4.57 Å². The molecule has 0 heterocycles. The van der Waals surface area contributed by atoms with Crippen LogP contribution in [0.1, 0.15) is 64.4 Å². The third-order valence-corrected chi connectivity index (χ3v) is 5.73. The molecule has 0 aromatic heterocycles. The monoisotopic (exact) mass is 479 g/mol. The van der Waals surface area contributed by atoms with Crippen molar-refractivity contribution < 1.29 is 23.8 Å². The van der Waals surface area contributed by atoms with Crippen LogP contribution < -0.4 is 14.8 Å². The Morgan fingerprint density at radius 3 is 2.43 bits per heavy atom. The number of unbranched alkanes of at least 4 members (excludes halogenated alkanes) is 5. The summed E-state index contributed by atoms with van der Waals surface area (Å²) in [5.74, 6) is 1.45. The fraction of sp³-hybridized carbons (Fsp3) is 0.700. The van der Waals surface area contributed by atoms with Crippen LogP contribution in [0.15, 0.2) is 16.6 Å². The number of ether oxygens (including phenoxy) is 2. The zero-order chi connectivity index (χ0) is 20.8. The molecule has 8 heteroatoms. The third kappa shape index (κ3) is 11.4. The Bertz CT molecular complexity index is 609. The summed E-state index contributed by atoms with van der Waals surface area (Å²) in [7, 11) is -3.92. The van der Waals surface area contributed by atoms with Crippen LogP contribution in [-0.4, -0.2) is 35.7 Å². The first-order valence-corrected chi connectivity index (χ1v) is 12.8. The third-order valence-electron chi connectivity index (χ3n) is 4.25. The van der Waals surface area contributed by atoms with Crippen molar-refractivity contribution in [3.8, 4) is 11.5 Å². The van der Waals surface area contributed by atoms with E-state index in [1.165, 1.54) is 32.1 Å². The SMILES string of the molecule is CCCCCCCCOc1c(Br)cc(CNCCCP(=O)(O)O)cc1OCC. The first-order valence-electron chi connectivity index (χ1n) is 10.2. The molecule has 162 valence electrons. The lowest BCUT2D eigenvalue weighted by molar-refractivity contribution is 0.268. The van der Waals surface area contributed by atoms with Crippen LogP contribution in [0, 0.1) is 0 Å². The molecule has 6 nitrogen and oxygen atoms in total. The highest BCUT2D eigenvalue weighted by Crippen LogP contribution is 2.37. The van der Waals surface area contributed by atoms with Gasteiger partial charge in [0.2, 0.25) is 0 Å². The van der Waals surface area contributed by atoms with Crippen LogP contribution in [-0.2, 0) is 11.1 Å². The van der Waals surface area contributed by atoms with E-state index in [0.717, 1.165) is 28.0 Å². The van der Waals surface area contributed by atoms with Crippen molar-refractivity contribution in [1.82, 2.24) is 5.32 Å². The maximum atomic E-state index is 10.9. The average molecular weight is 480 g/mol. The molecule has 0 radical (unpaired) electrons. The fourth-order valence-corrected chi connectivity index (χ4v) is 4.00. The van der Waals surface area contributed by atoms with Crippen molar-refractivity contribution in [3.05, 3.63) is 22.2 Å². The molecule has 0 spiro atoms. The van der Waals surface area contributed by atoms with E-state index in [1.54, 1.807) is 0 Å². The Morgan fingerprint density at radius 2 is 1.75 bits per heavy atom. The highest BCUT2D eigenvalue weighted by atomic mass is 79.9. The van der Waals surface area contributed by atoms with E-state index in [-0.39, 0.29) is 6.16 Å². The van der Waals surface area contributed by atoms with Crippen molar-refractivity contribution in [1.29, 1.82) is 0 Å². The molecule has 1 aromatic carbocycles. The number of rotatable bonds is 16. The molecule has 0 saturated heterocycles. The largest absolute Gasteiger partial charge is 0.490 e. The van der Waals surface area contributed by atoms with Gasteiger partial charge in [0, 0.05) is 6.54 Å². The summed E-state index contributed by atoms with van der Waals surface area (Å²) in [6.07, 6.45) is 7.65. The Labute approximate surface area is 177 Å². The summed E-state index contributed by atoms with van der Waals surface area (Å²) in [6.45, 7) is 6.53. The van der Waals surface area contributed by atoms with E-state index in [2.05, 4.69) is 28.2 Å². The zero-order valence-corrected chi connectivity index (χ0v) is 19.6. The maximum absolute atomic E-state index is 10.9. The minimum absolute atomic E-state index is 0.0981. The van der Waals surface area contributed by atoms with Crippen LogP contribution in [0.2, 0.25) is 0 Å². The molecule has 28 heavy (non-hydrogen) atoms. The molecule has 1 rings (SSSR count). The van der Waals surface area contributed by atoms with E-state index >= 15 is 0 Å². The van der Waals surface area contributed by atoms with Crippen molar-refractivity contribution in [3.63, 3.8) is 0 Å². The molecule has 3 N–H and O–H groups in total. The first-order chi connectivity index (χ1) is 13.4. The van der Waals surface area contributed by atoms with E-state index < -0.39 is 7.60 Å². The number of hydrogen-bond donors (Lipinski definition) is 3. The van der Waals surface area contributed by atoms with Gasteiger partial charge in [-0.05, 0) is 59.9 Å². The number of nitrogens with one attached hydrogen (secondary N) is 1. The second-order valence-corrected chi connectivity index (χ2v) is 9.50. The summed E-state index contributed by atoms with van der Waals surface area (Å²) < 4.78 is 23.5. The predicted octanol–water partition coefficient (Wildman–Crippen LogP) is 5.24. The lowest BCUT2D eigenvalue weighted by Gasteiger charge is -2.16. The van der Waals surface area contributed by atoms with Crippen LogP contribution in [0.25, 0.3) is 0 Å². The Balaban J connectivity index is 2.51. The van der Waals surface area contributed by atoms with Crippen LogP contribution in [0.5, 0.6) is 11.5 Å². The molecular weight excluding hydrogens is 445 g/mol.